The fourth-order valence-corrected chi connectivity index (χ4v) is 2.53. The van der Waals surface area contributed by atoms with E-state index in [4.69, 9.17) is 9.15 Å². The molecule has 2 aromatic carbocycles. The average molecular weight is 355 g/mol. The predicted molar refractivity (Wildman–Crippen MR) is 94.4 cm³/mol. The van der Waals surface area contributed by atoms with E-state index in [9.17, 15) is 14.3 Å². The van der Waals surface area contributed by atoms with Crippen molar-refractivity contribution < 1.29 is 23.4 Å². The van der Waals surface area contributed by atoms with Gasteiger partial charge >= 0.3 is 0 Å². The van der Waals surface area contributed by atoms with E-state index in [0.717, 1.165) is 17.4 Å². The second-order valence-electron chi connectivity index (χ2n) is 5.67. The Morgan fingerprint density at radius 2 is 2.00 bits per heavy atom. The third-order valence-electron chi connectivity index (χ3n) is 3.97. The number of hydrogen-bond donors (Lipinski definition) is 2. The van der Waals surface area contributed by atoms with Gasteiger partial charge in [-0.3, -0.25) is 4.79 Å². The van der Waals surface area contributed by atoms with Gasteiger partial charge in [0.15, 0.2) is 11.6 Å². The van der Waals surface area contributed by atoms with Crippen molar-refractivity contribution in [1.82, 2.24) is 5.32 Å². The number of benzene rings is 2. The number of hydrogen-bond acceptors (Lipinski definition) is 4. The molecule has 2 N–H and O–H groups in total. The van der Waals surface area contributed by atoms with Crippen molar-refractivity contribution in [2.75, 3.05) is 13.7 Å². The van der Waals surface area contributed by atoms with Crippen molar-refractivity contribution in [1.29, 1.82) is 0 Å². The van der Waals surface area contributed by atoms with Crippen LogP contribution in [0.1, 0.15) is 22.0 Å². The summed E-state index contributed by atoms with van der Waals surface area (Å²) in [7, 11) is 1.35. The first-order valence-electron chi connectivity index (χ1n) is 8.02. The van der Waals surface area contributed by atoms with Gasteiger partial charge in [0.1, 0.15) is 5.76 Å². The zero-order valence-electron chi connectivity index (χ0n) is 14.1. The number of carbonyl (C=O) groups is 1. The normalized spacial score (nSPS) is 11.8. The van der Waals surface area contributed by atoms with E-state index < -0.39 is 17.8 Å². The fraction of sp³-hybridized carbons (Fsp3) is 0.150. The van der Waals surface area contributed by atoms with Crippen LogP contribution in [0.2, 0.25) is 0 Å². The zero-order chi connectivity index (χ0) is 18.5. The van der Waals surface area contributed by atoms with Crippen molar-refractivity contribution in [3.05, 3.63) is 77.8 Å². The molecule has 0 saturated carbocycles. The molecule has 0 aliphatic heterocycles. The number of nitrogens with one attached hydrogen (secondary N) is 1. The van der Waals surface area contributed by atoms with Crippen LogP contribution in [0.5, 0.6) is 5.75 Å². The fourth-order valence-electron chi connectivity index (χ4n) is 2.53. The van der Waals surface area contributed by atoms with Crippen molar-refractivity contribution in [2.45, 2.75) is 6.10 Å². The molecule has 134 valence electrons. The quantitative estimate of drug-likeness (QED) is 0.709. The van der Waals surface area contributed by atoms with E-state index in [-0.39, 0.29) is 17.9 Å². The number of halogens is 1. The van der Waals surface area contributed by atoms with Gasteiger partial charge in [0, 0.05) is 17.7 Å². The summed E-state index contributed by atoms with van der Waals surface area (Å²) in [4.78, 5) is 12.1. The molecular formula is C20H18FNO4. The van der Waals surface area contributed by atoms with Crippen LogP contribution in [0.4, 0.5) is 4.39 Å². The first-order valence-corrected chi connectivity index (χ1v) is 8.02. The van der Waals surface area contributed by atoms with Crippen LogP contribution >= 0.6 is 0 Å². The lowest BCUT2D eigenvalue weighted by molar-refractivity contribution is 0.0916. The Labute approximate surface area is 150 Å². The number of methoxy groups -OCH3 is 1. The lowest BCUT2D eigenvalue weighted by atomic mass is 10.1. The molecule has 0 bridgehead atoms. The van der Waals surface area contributed by atoms with Gasteiger partial charge in [-0.25, -0.2) is 4.39 Å². The Kier molecular flexibility index (Phi) is 5.34. The Balaban J connectivity index is 1.60. The smallest absolute Gasteiger partial charge is 0.251 e. The molecule has 1 amide bonds. The second-order valence-corrected chi connectivity index (χ2v) is 5.67. The van der Waals surface area contributed by atoms with Crippen LogP contribution < -0.4 is 10.1 Å². The summed E-state index contributed by atoms with van der Waals surface area (Å²) in [5.74, 6) is -0.286. The molecule has 3 aromatic rings. The molecule has 0 radical (unpaired) electrons. The van der Waals surface area contributed by atoms with Gasteiger partial charge in [-0.15, -0.1) is 0 Å². The van der Waals surface area contributed by atoms with Crippen LogP contribution in [0.3, 0.4) is 0 Å². The molecule has 26 heavy (non-hydrogen) atoms. The molecule has 0 spiro atoms. The maximum atomic E-state index is 13.7. The van der Waals surface area contributed by atoms with Gasteiger partial charge in [0.05, 0.1) is 19.5 Å². The summed E-state index contributed by atoms with van der Waals surface area (Å²) in [5.41, 5.74) is 1.70. The molecule has 1 atom stereocenters. The molecule has 1 aromatic heterocycles. The number of furan rings is 1. The Morgan fingerprint density at radius 1 is 1.23 bits per heavy atom. The van der Waals surface area contributed by atoms with E-state index in [2.05, 4.69) is 5.32 Å². The van der Waals surface area contributed by atoms with Gasteiger partial charge in [0.2, 0.25) is 0 Å². The summed E-state index contributed by atoms with van der Waals surface area (Å²) in [6.45, 7) is 0.00653. The van der Waals surface area contributed by atoms with Gasteiger partial charge in [-0.1, -0.05) is 24.3 Å². The summed E-state index contributed by atoms with van der Waals surface area (Å²) < 4.78 is 23.8. The van der Waals surface area contributed by atoms with E-state index in [1.807, 2.05) is 18.2 Å². The van der Waals surface area contributed by atoms with Gasteiger partial charge in [0.25, 0.3) is 5.91 Å². The number of aliphatic hydroxyl groups is 1. The topological polar surface area (TPSA) is 71.7 Å². The number of aliphatic hydroxyl groups excluding tert-OH is 1. The molecule has 0 aliphatic carbocycles. The van der Waals surface area contributed by atoms with Crippen LogP contribution in [-0.2, 0) is 0 Å². The highest BCUT2D eigenvalue weighted by molar-refractivity contribution is 5.94. The summed E-state index contributed by atoms with van der Waals surface area (Å²) in [6.07, 6.45) is 0.711. The number of amides is 1. The minimum absolute atomic E-state index is 0.00653. The monoisotopic (exact) mass is 355 g/mol. The third kappa shape index (κ3) is 3.92. The first-order chi connectivity index (χ1) is 12.6. The molecule has 0 saturated heterocycles. The van der Waals surface area contributed by atoms with Gasteiger partial charge in [-0.05, 0) is 35.9 Å². The molecule has 0 fully saturated rings. The summed E-state index contributed by atoms with van der Waals surface area (Å²) >= 11 is 0. The second kappa shape index (κ2) is 7.84. The molecule has 3 rings (SSSR count). The highest BCUT2D eigenvalue weighted by Crippen LogP contribution is 2.22. The van der Waals surface area contributed by atoms with Gasteiger partial charge in [-0.2, -0.15) is 0 Å². The van der Waals surface area contributed by atoms with Crippen LogP contribution in [-0.4, -0.2) is 24.7 Å². The third-order valence-corrected chi connectivity index (χ3v) is 3.97. The highest BCUT2D eigenvalue weighted by atomic mass is 19.1. The number of rotatable bonds is 6. The highest BCUT2D eigenvalue weighted by Gasteiger charge is 2.13. The largest absolute Gasteiger partial charge is 0.494 e. The minimum atomic E-state index is -0.882. The molecule has 1 unspecified atom stereocenters. The van der Waals surface area contributed by atoms with Crippen LogP contribution in [0, 0.1) is 5.82 Å². The molecule has 0 aliphatic rings. The van der Waals surface area contributed by atoms with Crippen molar-refractivity contribution in [3.63, 3.8) is 0 Å². The summed E-state index contributed by atoms with van der Waals surface area (Å²) in [6, 6.07) is 14.8. The predicted octanol–water partition coefficient (Wildman–Crippen LogP) is 3.56. The Morgan fingerprint density at radius 3 is 2.62 bits per heavy atom. The van der Waals surface area contributed by atoms with E-state index >= 15 is 0 Å². The SMILES string of the molecule is COc1ccc(C(=O)NCC(O)c2ccc(-c3ccco3)cc2)cc1F. The van der Waals surface area contributed by atoms with Crippen molar-refractivity contribution in [2.24, 2.45) is 0 Å². The van der Waals surface area contributed by atoms with E-state index in [0.29, 0.717) is 5.56 Å². The van der Waals surface area contributed by atoms with Crippen LogP contribution in [0.25, 0.3) is 11.3 Å². The zero-order valence-corrected chi connectivity index (χ0v) is 14.1. The number of carbonyl (C=O) groups excluding carboxylic acids is 1. The van der Waals surface area contributed by atoms with Crippen molar-refractivity contribution >= 4 is 5.91 Å². The molecule has 1 heterocycles. The molecule has 6 heteroatoms. The number of ether oxygens (including phenoxy) is 1. The molecular weight excluding hydrogens is 337 g/mol. The molecule has 5 nitrogen and oxygen atoms in total. The minimum Gasteiger partial charge on any atom is -0.494 e. The van der Waals surface area contributed by atoms with Crippen molar-refractivity contribution in [3.8, 4) is 17.1 Å². The lowest BCUT2D eigenvalue weighted by Gasteiger charge is -2.13. The maximum Gasteiger partial charge on any atom is 0.251 e. The van der Waals surface area contributed by atoms with Gasteiger partial charge < -0.3 is 19.6 Å². The van der Waals surface area contributed by atoms with E-state index in [1.165, 1.54) is 19.2 Å². The standard InChI is InChI=1S/C20H18FNO4/c1-25-19-9-8-15(11-16(19)21)20(24)22-12-17(23)13-4-6-14(7-5-13)18-3-2-10-26-18/h2-11,17,23H,12H2,1H3,(H,22,24). The summed E-state index contributed by atoms with van der Waals surface area (Å²) in [5, 5.41) is 12.8. The first kappa shape index (κ1) is 17.7. The Bertz CT molecular complexity index is 875. The average Bonchev–Trinajstić information content (AvgIpc) is 3.20. The maximum absolute atomic E-state index is 13.7. The Hall–Kier alpha value is -3.12. The lowest BCUT2D eigenvalue weighted by Crippen LogP contribution is -2.28. The van der Waals surface area contributed by atoms with Crippen LogP contribution in [0.15, 0.2) is 65.3 Å². The van der Waals surface area contributed by atoms with E-state index in [1.54, 1.807) is 24.5 Å².